The second kappa shape index (κ2) is 8.12. The lowest BCUT2D eigenvalue weighted by atomic mass is 9.90. The molecule has 3 rings (SSSR count). The highest BCUT2D eigenvalue weighted by Gasteiger charge is 2.29. The Morgan fingerprint density at radius 2 is 1.15 bits per heavy atom. The van der Waals surface area contributed by atoms with Crippen molar-refractivity contribution in [2.75, 3.05) is 11.4 Å². The summed E-state index contributed by atoms with van der Waals surface area (Å²) in [6.45, 7) is -0.168. The number of carbonyl (C=O) groups is 2. The Morgan fingerprint density at radius 1 is 0.731 bits per heavy atom. The van der Waals surface area contributed by atoms with Crippen LogP contribution in [0.15, 0.2) is 91.0 Å². The van der Waals surface area contributed by atoms with Crippen LogP contribution in [-0.2, 0) is 9.59 Å². The number of para-hydroxylation sites is 1. The first kappa shape index (κ1) is 17.4. The third-order valence-corrected chi connectivity index (χ3v) is 4.16. The van der Waals surface area contributed by atoms with E-state index in [0.717, 1.165) is 11.1 Å². The van der Waals surface area contributed by atoms with E-state index < -0.39 is 11.8 Å². The zero-order valence-corrected chi connectivity index (χ0v) is 14.3. The van der Waals surface area contributed by atoms with Gasteiger partial charge in [-0.2, -0.15) is 0 Å². The molecule has 4 nitrogen and oxygen atoms in total. The molecular weight excluding hydrogens is 324 g/mol. The van der Waals surface area contributed by atoms with Crippen LogP contribution < -0.4 is 10.6 Å². The van der Waals surface area contributed by atoms with E-state index in [2.05, 4.69) is 0 Å². The topological polar surface area (TPSA) is 63.4 Å². The lowest BCUT2D eigenvalue weighted by Crippen LogP contribution is -2.41. The van der Waals surface area contributed by atoms with Gasteiger partial charge >= 0.3 is 0 Å². The Morgan fingerprint density at radius 3 is 1.58 bits per heavy atom. The summed E-state index contributed by atoms with van der Waals surface area (Å²) < 4.78 is 0. The molecule has 0 radical (unpaired) electrons. The van der Waals surface area contributed by atoms with E-state index in [0.29, 0.717) is 5.69 Å². The lowest BCUT2D eigenvalue weighted by molar-refractivity contribution is -0.122. The second-order valence-corrected chi connectivity index (χ2v) is 5.98. The van der Waals surface area contributed by atoms with Crippen molar-refractivity contribution in [3.05, 3.63) is 102 Å². The number of amides is 2. The third kappa shape index (κ3) is 3.98. The second-order valence-electron chi connectivity index (χ2n) is 5.98. The van der Waals surface area contributed by atoms with Crippen LogP contribution in [-0.4, -0.2) is 18.4 Å². The molecule has 0 saturated carbocycles. The zero-order chi connectivity index (χ0) is 18.4. The number of nitrogens with two attached hydrogens (primary N) is 1. The Hall–Kier alpha value is -3.40. The molecule has 0 aliphatic carbocycles. The van der Waals surface area contributed by atoms with Gasteiger partial charge in [0.05, 0.1) is 5.92 Å². The van der Waals surface area contributed by atoms with Gasteiger partial charge in [0.25, 0.3) is 0 Å². The Labute approximate surface area is 152 Å². The molecule has 0 heterocycles. The maximum absolute atomic E-state index is 13.5. The van der Waals surface area contributed by atoms with Crippen LogP contribution in [0.25, 0.3) is 0 Å². The molecule has 0 atom stereocenters. The van der Waals surface area contributed by atoms with E-state index in [-0.39, 0.29) is 12.5 Å². The summed E-state index contributed by atoms with van der Waals surface area (Å²) >= 11 is 0. The number of primary amides is 1. The highest BCUT2D eigenvalue weighted by atomic mass is 16.2. The fourth-order valence-corrected chi connectivity index (χ4v) is 2.98. The van der Waals surface area contributed by atoms with Crippen LogP contribution in [0.3, 0.4) is 0 Å². The minimum Gasteiger partial charge on any atom is -0.368 e. The minimum absolute atomic E-state index is 0.168. The fourth-order valence-electron chi connectivity index (χ4n) is 2.98. The third-order valence-electron chi connectivity index (χ3n) is 4.16. The quantitative estimate of drug-likeness (QED) is 0.745. The van der Waals surface area contributed by atoms with Crippen molar-refractivity contribution in [2.24, 2.45) is 5.73 Å². The van der Waals surface area contributed by atoms with E-state index >= 15 is 0 Å². The van der Waals surface area contributed by atoms with E-state index in [1.54, 1.807) is 12.1 Å². The fraction of sp³-hybridized carbons (Fsp3) is 0.0909. The Balaban J connectivity index is 2.06. The predicted molar refractivity (Wildman–Crippen MR) is 103 cm³/mol. The zero-order valence-electron chi connectivity index (χ0n) is 14.3. The maximum atomic E-state index is 13.5. The molecule has 2 N–H and O–H groups in total. The number of carbonyl (C=O) groups excluding carboxylic acids is 2. The molecule has 0 bridgehead atoms. The van der Waals surface area contributed by atoms with Crippen LogP contribution in [0.2, 0.25) is 0 Å². The monoisotopic (exact) mass is 344 g/mol. The van der Waals surface area contributed by atoms with Gasteiger partial charge in [-0.3, -0.25) is 9.59 Å². The van der Waals surface area contributed by atoms with Crippen LogP contribution in [0, 0.1) is 0 Å². The van der Waals surface area contributed by atoms with Crippen molar-refractivity contribution in [3.8, 4) is 0 Å². The highest BCUT2D eigenvalue weighted by Crippen LogP contribution is 2.29. The van der Waals surface area contributed by atoms with Crippen LogP contribution in [0.5, 0.6) is 0 Å². The lowest BCUT2D eigenvalue weighted by Gasteiger charge is -2.27. The first-order chi connectivity index (χ1) is 12.7. The van der Waals surface area contributed by atoms with Crippen LogP contribution >= 0.6 is 0 Å². The summed E-state index contributed by atoms with van der Waals surface area (Å²) in [5, 5.41) is 0. The molecule has 0 spiro atoms. The molecule has 26 heavy (non-hydrogen) atoms. The van der Waals surface area contributed by atoms with Gasteiger partial charge in [-0.15, -0.1) is 0 Å². The molecule has 0 fully saturated rings. The SMILES string of the molecule is NC(=O)CN(C(=O)C(c1ccccc1)c1ccccc1)c1ccccc1. The largest absolute Gasteiger partial charge is 0.368 e. The summed E-state index contributed by atoms with van der Waals surface area (Å²) in [5.41, 5.74) is 7.80. The van der Waals surface area contributed by atoms with E-state index in [9.17, 15) is 9.59 Å². The maximum Gasteiger partial charge on any atom is 0.239 e. The molecule has 3 aromatic rings. The summed E-state index contributed by atoms with van der Waals surface area (Å²) in [6.07, 6.45) is 0. The molecular formula is C22H20N2O2. The smallest absolute Gasteiger partial charge is 0.239 e. The first-order valence-corrected chi connectivity index (χ1v) is 8.41. The Kier molecular flexibility index (Phi) is 5.44. The van der Waals surface area contributed by atoms with E-state index in [1.165, 1.54) is 4.90 Å². The van der Waals surface area contributed by atoms with Crippen molar-refractivity contribution < 1.29 is 9.59 Å². The van der Waals surface area contributed by atoms with Crippen LogP contribution in [0.4, 0.5) is 5.69 Å². The number of nitrogens with zero attached hydrogens (tertiary/aromatic N) is 1. The molecule has 0 saturated heterocycles. The van der Waals surface area contributed by atoms with Gasteiger partial charge in [0, 0.05) is 5.69 Å². The molecule has 0 aliphatic rings. The number of benzene rings is 3. The van der Waals surface area contributed by atoms with Crippen molar-refractivity contribution in [2.45, 2.75) is 5.92 Å². The molecule has 2 amide bonds. The first-order valence-electron chi connectivity index (χ1n) is 8.41. The number of anilines is 1. The highest BCUT2D eigenvalue weighted by molar-refractivity contribution is 6.03. The summed E-state index contributed by atoms with van der Waals surface area (Å²) in [7, 11) is 0. The van der Waals surface area contributed by atoms with Gasteiger partial charge in [0.1, 0.15) is 6.54 Å². The van der Waals surface area contributed by atoms with Crippen molar-refractivity contribution in [3.63, 3.8) is 0 Å². The van der Waals surface area contributed by atoms with Crippen molar-refractivity contribution in [1.82, 2.24) is 0 Å². The average molecular weight is 344 g/mol. The van der Waals surface area contributed by atoms with Crippen LogP contribution in [0.1, 0.15) is 17.0 Å². The number of hydrogen-bond acceptors (Lipinski definition) is 2. The number of hydrogen-bond donors (Lipinski definition) is 1. The molecule has 130 valence electrons. The van der Waals surface area contributed by atoms with Gasteiger partial charge in [-0.25, -0.2) is 0 Å². The molecule has 4 heteroatoms. The molecule has 3 aromatic carbocycles. The van der Waals surface area contributed by atoms with Gasteiger partial charge in [0.2, 0.25) is 11.8 Å². The van der Waals surface area contributed by atoms with E-state index in [4.69, 9.17) is 5.73 Å². The van der Waals surface area contributed by atoms with Gasteiger partial charge in [-0.05, 0) is 23.3 Å². The van der Waals surface area contributed by atoms with Gasteiger partial charge in [0.15, 0.2) is 0 Å². The standard InChI is InChI=1S/C22H20N2O2/c23-20(25)16-24(19-14-8-3-9-15-19)22(26)21(17-10-4-1-5-11-17)18-12-6-2-7-13-18/h1-15,21H,16H2,(H2,23,25). The summed E-state index contributed by atoms with van der Waals surface area (Å²) in [5.74, 6) is -1.26. The predicted octanol–water partition coefficient (Wildman–Crippen LogP) is 3.34. The summed E-state index contributed by atoms with van der Waals surface area (Å²) in [4.78, 5) is 26.6. The van der Waals surface area contributed by atoms with E-state index in [1.807, 2.05) is 78.9 Å². The van der Waals surface area contributed by atoms with Gasteiger partial charge < -0.3 is 10.6 Å². The summed E-state index contributed by atoms with van der Waals surface area (Å²) in [6, 6.07) is 28.2. The molecule has 0 aromatic heterocycles. The molecule has 0 aliphatic heterocycles. The molecule has 0 unspecified atom stereocenters. The Bertz CT molecular complexity index is 825. The normalized spacial score (nSPS) is 10.5. The van der Waals surface area contributed by atoms with Gasteiger partial charge in [-0.1, -0.05) is 78.9 Å². The number of rotatable bonds is 6. The average Bonchev–Trinajstić information content (AvgIpc) is 2.68. The van der Waals surface area contributed by atoms with Crippen molar-refractivity contribution in [1.29, 1.82) is 0 Å². The van der Waals surface area contributed by atoms with Crippen molar-refractivity contribution >= 4 is 17.5 Å². The minimum atomic E-state index is -0.554.